The monoisotopic (exact) mass is 438 g/mol. The molecule has 0 spiro atoms. The van der Waals surface area contributed by atoms with E-state index in [0.717, 1.165) is 11.1 Å². The van der Waals surface area contributed by atoms with Crippen molar-refractivity contribution in [3.8, 4) is 11.1 Å². The van der Waals surface area contributed by atoms with Gasteiger partial charge in [-0.2, -0.15) is 0 Å². The predicted molar refractivity (Wildman–Crippen MR) is 121 cm³/mol. The average Bonchev–Trinajstić information content (AvgIpc) is 3.10. The number of carboxylic acid groups (broad SMARTS) is 1. The van der Waals surface area contributed by atoms with Gasteiger partial charge in [-0.05, 0) is 41.5 Å². The highest BCUT2D eigenvalue weighted by molar-refractivity contribution is 5.79. The first-order valence-electron chi connectivity index (χ1n) is 11.1. The van der Waals surface area contributed by atoms with Crippen LogP contribution in [-0.4, -0.2) is 42.3 Å². The van der Waals surface area contributed by atoms with E-state index in [-0.39, 0.29) is 37.3 Å². The molecular formula is C25H30N2O5. The second-order valence-electron chi connectivity index (χ2n) is 7.98. The number of unbranched alkanes of at least 4 members (excludes halogenated alkanes) is 1. The van der Waals surface area contributed by atoms with Crippen LogP contribution in [0.15, 0.2) is 48.5 Å². The number of aliphatic carboxylic acids is 1. The van der Waals surface area contributed by atoms with Crippen LogP contribution in [-0.2, 0) is 14.3 Å². The third-order valence-corrected chi connectivity index (χ3v) is 5.73. The van der Waals surface area contributed by atoms with Crippen molar-refractivity contribution in [2.75, 3.05) is 13.2 Å². The summed E-state index contributed by atoms with van der Waals surface area (Å²) in [5.74, 6) is -1.02. The Morgan fingerprint density at radius 1 is 1.00 bits per heavy atom. The van der Waals surface area contributed by atoms with Crippen molar-refractivity contribution >= 4 is 18.0 Å². The summed E-state index contributed by atoms with van der Waals surface area (Å²) in [7, 11) is 0. The van der Waals surface area contributed by atoms with Crippen molar-refractivity contribution in [1.29, 1.82) is 0 Å². The molecule has 0 saturated heterocycles. The fourth-order valence-electron chi connectivity index (χ4n) is 4.03. The molecule has 0 aliphatic heterocycles. The molecule has 0 fully saturated rings. The van der Waals surface area contributed by atoms with Crippen LogP contribution in [0.3, 0.4) is 0 Å². The fraction of sp³-hybridized carbons (Fsp3) is 0.400. The highest BCUT2D eigenvalue weighted by Gasteiger charge is 2.29. The van der Waals surface area contributed by atoms with E-state index in [1.165, 1.54) is 11.1 Å². The number of benzene rings is 2. The summed E-state index contributed by atoms with van der Waals surface area (Å²) in [6, 6.07) is 16.0. The summed E-state index contributed by atoms with van der Waals surface area (Å²) >= 11 is 0. The lowest BCUT2D eigenvalue weighted by atomic mass is 9.98. The van der Waals surface area contributed by atoms with E-state index in [4.69, 9.17) is 9.84 Å². The SMILES string of the molecule is CCC(CC(=O)NCCCCC(=O)O)NC(=O)OCC1c2ccccc2-c2ccccc21. The lowest BCUT2D eigenvalue weighted by Gasteiger charge is -2.18. The minimum atomic E-state index is -0.838. The number of carbonyl (C=O) groups excluding carboxylic acids is 2. The quantitative estimate of drug-likeness (QED) is 0.459. The predicted octanol–water partition coefficient (Wildman–Crippen LogP) is 4.06. The van der Waals surface area contributed by atoms with Crippen LogP contribution in [0.5, 0.6) is 0 Å². The van der Waals surface area contributed by atoms with Gasteiger partial charge in [-0.3, -0.25) is 9.59 Å². The number of ether oxygens (including phenoxy) is 1. The molecule has 1 unspecified atom stereocenters. The van der Waals surface area contributed by atoms with Crippen molar-refractivity contribution in [3.05, 3.63) is 59.7 Å². The van der Waals surface area contributed by atoms with Gasteiger partial charge < -0.3 is 20.5 Å². The van der Waals surface area contributed by atoms with Crippen LogP contribution in [0.25, 0.3) is 11.1 Å². The molecule has 0 aromatic heterocycles. The van der Waals surface area contributed by atoms with Crippen molar-refractivity contribution in [1.82, 2.24) is 10.6 Å². The molecule has 2 amide bonds. The molecule has 32 heavy (non-hydrogen) atoms. The number of rotatable bonds is 11. The highest BCUT2D eigenvalue weighted by atomic mass is 16.5. The Kier molecular flexibility index (Phi) is 8.25. The topological polar surface area (TPSA) is 105 Å². The molecular weight excluding hydrogens is 408 g/mol. The number of carboxylic acids is 1. The van der Waals surface area contributed by atoms with Gasteiger partial charge >= 0.3 is 12.1 Å². The van der Waals surface area contributed by atoms with Crippen molar-refractivity contribution < 1.29 is 24.2 Å². The number of amides is 2. The van der Waals surface area contributed by atoms with Gasteiger partial charge in [0.1, 0.15) is 6.61 Å². The van der Waals surface area contributed by atoms with Crippen LogP contribution in [0.1, 0.15) is 56.1 Å². The van der Waals surface area contributed by atoms with E-state index < -0.39 is 12.1 Å². The fourth-order valence-corrected chi connectivity index (χ4v) is 4.03. The van der Waals surface area contributed by atoms with Crippen molar-refractivity contribution in [2.24, 2.45) is 0 Å². The molecule has 0 radical (unpaired) electrons. The van der Waals surface area contributed by atoms with Gasteiger partial charge in [-0.1, -0.05) is 55.5 Å². The summed E-state index contributed by atoms with van der Waals surface area (Å²) in [5.41, 5.74) is 4.64. The third kappa shape index (κ3) is 6.09. The number of alkyl carbamates (subject to hydrolysis) is 1. The molecule has 0 bridgehead atoms. The van der Waals surface area contributed by atoms with E-state index in [9.17, 15) is 14.4 Å². The molecule has 1 atom stereocenters. The lowest BCUT2D eigenvalue weighted by Crippen LogP contribution is -2.39. The van der Waals surface area contributed by atoms with Crippen molar-refractivity contribution in [2.45, 2.75) is 51.0 Å². The Bertz CT molecular complexity index is 913. The van der Waals surface area contributed by atoms with Crippen LogP contribution in [0, 0.1) is 0 Å². The van der Waals surface area contributed by atoms with Gasteiger partial charge in [-0.25, -0.2) is 4.79 Å². The van der Waals surface area contributed by atoms with Gasteiger partial charge in [0.2, 0.25) is 5.91 Å². The molecule has 1 aliphatic carbocycles. The molecule has 7 heteroatoms. The second kappa shape index (κ2) is 11.3. The maximum absolute atomic E-state index is 12.4. The maximum atomic E-state index is 12.4. The number of hydrogen-bond acceptors (Lipinski definition) is 4. The van der Waals surface area contributed by atoms with Gasteiger partial charge in [-0.15, -0.1) is 0 Å². The Morgan fingerprint density at radius 2 is 1.62 bits per heavy atom. The standard InChI is InChI=1S/C25H30N2O5/c1-2-17(15-23(28)26-14-8-7-13-24(29)30)27-25(31)32-16-22-20-11-5-3-9-18(20)19-10-4-6-12-21(19)22/h3-6,9-12,17,22H,2,7-8,13-16H2,1H3,(H,26,28)(H,27,31)(H,29,30). The number of carbonyl (C=O) groups is 3. The van der Waals surface area contributed by atoms with E-state index in [2.05, 4.69) is 34.9 Å². The smallest absolute Gasteiger partial charge is 0.407 e. The average molecular weight is 439 g/mol. The lowest BCUT2D eigenvalue weighted by molar-refractivity contribution is -0.137. The summed E-state index contributed by atoms with van der Waals surface area (Å²) < 4.78 is 5.55. The minimum absolute atomic E-state index is 0.0117. The Labute approximate surface area is 188 Å². The third-order valence-electron chi connectivity index (χ3n) is 5.73. The molecule has 0 heterocycles. The van der Waals surface area contributed by atoms with Crippen LogP contribution in [0.2, 0.25) is 0 Å². The molecule has 7 nitrogen and oxygen atoms in total. The van der Waals surface area contributed by atoms with Crippen LogP contribution in [0.4, 0.5) is 4.79 Å². The van der Waals surface area contributed by atoms with Crippen LogP contribution < -0.4 is 10.6 Å². The molecule has 2 aromatic carbocycles. The molecule has 170 valence electrons. The first-order valence-corrected chi connectivity index (χ1v) is 11.1. The summed E-state index contributed by atoms with van der Waals surface area (Å²) in [6.45, 7) is 2.55. The van der Waals surface area contributed by atoms with E-state index in [1.807, 2.05) is 31.2 Å². The molecule has 2 aromatic rings. The zero-order valence-corrected chi connectivity index (χ0v) is 18.3. The number of hydrogen-bond donors (Lipinski definition) is 3. The van der Waals surface area contributed by atoms with Gasteiger partial charge in [0.25, 0.3) is 0 Å². The van der Waals surface area contributed by atoms with E-state index >= 15 is 0 Å². The molecule has 0 saturated carbocycles. The molecule has 3 N–H and O–H groups in total. The zero-order valence-electron chi connectivity index (χ0n) is 18.3. The second-order valence-corrected chi connectivity index (χ2v) is 7.98. The van der Waals surface area contributed by atoms with Crippen molar-refractivity contribution in [3.63, 3.8) is 0 Å². The number of fused-ring (bicyclic) bond motifs is 3. The Morgan fingerprint density at radius 3 is 2.22 bits per heavy atom. The van der Waals surface area contributed by atoms with E-state index in [0.29, 0.717) is 25.8 Å². The largest absolute Gasteiger partial charge is 0.481 e. The van der Waals surface area contributed by atoms with Gasteiger partial charge in [0, 0.05) is 31.3 Å². The van der Waals surface area contributed by atoms with Gasteiger partial charge in [0.05, 0.1) is 0 Å². The molecule has 1 aliphatic rings. The normalized spacial score (nSPS) is 13.0. The van der Waals surface area contributed by atoms with Gasteiger partial charge in [0.15, 0.2) is 0 Å². The highest BCUT2D eigenvalue weighted by Crippen LogP contribution is 2.44. The number of nitrogens with one attached hydrogen (secondary N) is 2. The van der Waals surface area contributed by atoms with E-state index in [1.54, 1.807) is 0 Å². The summed E-state index contributed by atoms with van der Waals surface area (Å²) in [4.78, 5) is 35.0. The maximum Gasteiger partial charge on any atom is 0.407 e. The summed E-state index contributed by atoms with van der Waals surface area (Å²) in [6.07, 6.45) is 1.43. The minimum Gasteiger partial charge on any atom is -0.481 e. The first-order chi connectivity index (χ1) is 15.5. The Hall–Kier alpha value is -3.35. The first kappa shape index (κ1) is 23.3. The zero-order chi connectivity index (χ0) is 22.9. The van der Waals surface area contributed by atoms with Crippen LogP contribution >= 0.6 is 0 Å². The Balaban J connectivity index is 1.47. The molecule has 3 rings (SSSR count). The summed E-state index contributed by atoms with van der Waals surface area (Å²) in [5, 5.41) is 14.2.